The van der Waals surface area contributed by atoms with Crippen molar-refractivity contribution >= 4 is 0 Å². The van der Waals surface area contributed by atoms with Crippen LogP contribution in [0.2, 0.25) is 0 Å². The average Bonchev–Trinajstić information content (AvgIpc) is 2.85. The van der Waals surface area contributed by atoms with Crippen molar-refractivity contribution in [1.82, 2.24) is 0 Å². The van der Waals surface area contributed by atoms with Gasteiger partial charge in [0, 0.05) is 0 Å². The van der Waals surface area contributed by atoms with Crippen LogP contribution >= 0.6 is 0 Å². The van der Waals surface area contributed by atoms with Crippen LogP contribution in [0.15, 0.2) is 50.6 Å². The lowest BCUT2D eigenvalue weighted by Gasteiger charge is -2.47. The summed E-state index contributed by atoms with van der Waals surface area (Å²) < 4.78 is 40.0. The zero-order chi connectivity index (χ0) is 25.8. The molecule has 11 heteroatoms. The maximum absolute atomic E-state index is 10.6. The Kier molecular flexibility index (Phi) is 13.3. The lowest BCUT2D eigenvalue weighted by molar-refractivity contribution is -0.361. The second-order valence-electron chi connectivity index (χ2n) is 8.01. The quantitative estimate of drug-likeness (QED) is 0.159. The van der Waals surface area contributed by atoms with Gasteiger partial charge in [0.1, 0.15) is 48.8 Å². The van der Waals surface area contributed by atoms with Crippen LogP contribution in [0.3, 0.4) is 0 Å². The smallest absolute Gasteiger partial charge is 0.187 e. The van der Waals surface area contributed by atoms with Gasteiger partial charge in [-0.3, -0.25) is 0 Å². The predicted molar refractivity (Wildman–Crippen MR) is 124 cm³/mol. The summed E-state index contributed by atoms with van der Waals surface area (Å²) in [5.74, 6) is 0. The Labute approximate surface area is 205 Å². The molecule has 0 amide bonds. The lowest BCUT2D eigenvalue weighted by Crippen LogP contribution is -2.65. The summed E-state index contributed by atoms with van der Waals surface area (Å²) in [6.07, 6.45) is -6.03. The maximum Gasteiger partial charge on any atom is 0.187 e. The molecule has 2 aliphatic heterocycles. The Hall–Kier alpha value is -1.48. The third-order valence-corrected chi connectivity index (χ3v) is 5.42. The van der Waals surface area contributed by atoms with Crippen molar-refractivity contribution in [3.63, 3.8) is 0 Å². The summed E-state index contributed by atoms with van der Waals surface area (Å²) in [7, 11) is 0. The highest BCUT2D eigenvalue weighted by atomic mass is 16.7. The summed E-state index contributed by atoms with van der Waals surface area (Å²) >= 11 is 0. The second-order valence-corrected chi connectivity index (χ2v) is 8.01. The molecular weight excluding hydrogens is 464 g/mol. The van der Waals surface area contributed by atoms with Gasteiger partial charge >= 0.3 is 0 Å². The molecule has 2 heterocycles. The molecule has 2 fully saturated rings. The van der Waals surface area contributed by atoms with Crippen molar-refractivity contribution in [3.8, 4) is 0 Å². The Bertz CT molecular complexity index is 659. The van der Waals surface area contributed by atoms with Crippen LogP contribution in [0, 0.1) is 0 Å². The minimum Gasteiger partial charge on any atom is -0.387 e. The minimum atomic E-state index is -1.60. The van der Waals surface area contributed by atoms with Gasteiger partial charge in [-0.1, -0.05) is 24.3 Å². The first-order valence-corrected chi connectivity index (χ1v) is 11.4. The van der Waals surface area contributed by atoms with Gasteiger partial charge in [-0.25, -0.2) is 0 Å². The number of ether oxygens (including phenoxy) is 7. The third kappa shape index (κ3) is 8.27. The highest BCUT2D eigenvalue weighted by Gasteiger charge is 2.52. The first kappa shape index (κ1) is 29.7. The van der Waals surface area contributed by atoms with Gasteiger partial charge in [0.15, 0.2) is 12.6 Å². The second kappa shape index (κ2) is 15.6. The van der Waals surface area contributed by atoms with Crippen LogP contribution in [-0.2, 0) is 33.2 Å². The summed E-state index contributed by atoms with van der Waals surface area (Å²) in [6.45, 7) is 14.9. The summed E-state index contributed by atoms with van der Waals surface area (Å²) in [4.78, 5) is 0. The highest BCUT2D eigenvalue weighted by Crippen LogP contribution is 2.31. The van der Waals surface area contributed by atoms with Crippen molar-refractivity contribution in [3.05, 3.63) is 50.6 Å². The molecule has 0 bridgehead atoms. The first-order valence-electron chi connectivity index (χ1n) is 11.4. The van der Waals surface area contributed by atoms with Crippen molar-refractivity contribution in [2.75, 3.05) is 39.6 Å². The molecule has 0 spiro atoms. The van der Waals surface area contributed by atoms with Crippen LogP contribution in [0.5, 0.6) is 0 Å². The summed E-state index contributed by atoms with van der Waals surface area (Å²) in [6, 6.07) is 0. The van der Waals surface area contributed by atoms with E-state index in [9.17, 15) is 20.4 Å². The summed E-state index contributed by atoms with van der Waals surface area (Å²) in [5.41, 5.74) is 0. The van der Waals surface area contributed by atoms with Crippen LogP contribution in [0.25, 0.3) is 0 Å². The Morgan fingerprint density at radius 1 is 0.600 bits per heavy atom. The molecule has 0 aliphatic carbocycles. The van der Waals surface area contributed by atoms with Gasteiger partial charge in [-0.05, 0) is 0 Å². The molecule has 0 aromatic rings. The fourth-order valence-electron chi connectivity index (χ4n) is 3.78. The molecule has 10 atom stereocenters. The van der Waals surface area contributed by atoms with E-state index < -0.39 is 61.4 Å². The Balaban J connectivity index is 2.29. The Morgan fingerprint density at radius 2 is 1.14 bits per heavy atom. The molecular formula is C24H38O11. The normalized spacial score (nSPS) is 37.5. The van der Waals surface area contributed by atoms with E-state index in [1.807, 2.05) is 0 Å². The Morgan fingerprint density at radius 3 is 1.71 bits per heavy atom. The number of rotatable bonds is 16. The molecule has 0 aromatic heterocycles. The van der Waals surface area contributed by atoms with E-state index in [4.69, 9.17) is 33.2 Å². The van der Waals surface area contributed by atoms with Gasteiger partial charge < -0.3 is 53.6 Å². The third-order valence-electron chi connectivity index (χ3n) is 5.42. The zero-order valence-electron chi connectivity index (χ0n) is 19.8. The first-order chi connectivity index (χ1) is 16.9. The van der Waals surface area contributed by atoms with Gasteiger partial charge in [-0.2, -0.15) is 0 Å². The molecule has 0 radical (unpaired) electrons. The lowest BCUT2D eigenvalue weighted by atomic mass is 9.96. The average molecular weight is 503 g/mol. The van der Waals surface area contributed by atoms with E-state index in [0.717, 1.165) is 0 Å². The highest BCUT2D eigenvalue weighted by molar-refractivity contribution is 4.96. The molecule has 2 saturated heterocycles. The van der Waals surface area contributed by atoms with E-state index in [0.29, 0.717) is 0 Å². The predicted octanol–water partition coefficient (Wildman–Crippen LogP) is -0.556. The zero-order valence-corrected chi connectivity index (χ0v) is 19.8. The minimum absolute atomic E-state index is 0.0181. The largest absolute Gasteiger partial charge is 0.387 e. The molecule has 0 saturated carbocycles. The van der Waals surface area contributed by atoms with E-state index in [2.05, 4.69) is 26.3 Å². The number of hydrogen-bond donors (Lipinski definition) is 4. The maximum atomic E-state index is 10.6. The van der Waals surface area contributed by atoms with Crippen molar-refractivity contribution < 1.29 is 53.6 Å². The van der Waals surface area contributed by atoms with E-state index >= 15 is 0 Å². The van der Waals surface area contributed by atoms with E-state index in [1.165, 1.54) is 18.2 Å². The van der Waals surface area contributed by atoms with Gasteiger partial charge in [0.2, 0.25) is 0 Å². The molecule has 35 heavy (non-hydrogen) atoms. The SMILES string of the molecule is C=CCOC[C@H]1O[C@@H](O[C@H]2[C@H](OCC=C)[C@@H](OCC=C)[C@@H](O)O[C@@H]2COCC=C)[C@H](O)[C@@H](O)[C@H]1O. The number of hydrogen-bond acceptors (Lipinski definition) is 11. The van der Waals surface area contributed by atoms with Crippen LogP contribution in [0.4, 0.5) is 0 Å². The van der Waals surface area contributed by atoms with Crippen molar-refractivity contribution in [1.29, 1.82) is 0 Å². The number of aliphatic hydroxyl groups is 4. The van der Waals surface area contributed by atoms with E-state index in [1.54, 1.807) is 6.08 Å². The molecule has 2 aliphatic rings. The molecule has 11 nitrogen and oxygen atoms in total. The summed E-state index contributed by atoms with van der Waals surface area (Å²) in [5, 5.41) is 41.9. The monoisotopic (exact) mass is 502 g/mol. The van der Waals surface area contributed by atoms with Crippen molar-refractivity contribution in [2.24, 2.45) is 0 Å². The van der Waals surface area contributed by atoms with Crippen LogP contribution < -0.4 is 0 Å². The fraction of sp³-hybridized carbons (Fsp3) is 0.667. The topological polar surface area (TPSA) is 146 Å². The fourth-order valence-corrected chi connectivity index (χ4v) is 3.78. The number of aliphatic hydroxyl groups excluding tert-OH is 4. The molecule has 0 unspecified atom stereocenters. The van der Waals surface area contributed by atoms with Gasteiger partial charge in [0.25, 0.3) is 0 Å². The molecule has 2 rings (SSSR count). The van der Waals surface area contributed by atoms with Crippen LogP contribution in [-0.4, -0.2) is 121 Å². The van der Waals surface area contributed by atoms with Gasteiger partial charge in [0.05, 0.1) is 39.6 Å². The molecule has 0 aromatic carbocycles. The molecule has 4 N–H and O–H groups in total. The van der Waals surface area contributed by atoms with Gasteiger partial charge in [-0.15, -0.1) is 26.3 Å². The molecule has 200 valence electrons. The van der Waals surface area contributed by atoms with Crippen molar-refractivity contribution in [2.45, 2.75) is 61.4 Å². The standard InChI is InChI=1S/C24H38O11/c1-5-9-29-13-15-17(25)18(26)19(27)24(34-15)35-20-16(14-30-10-6-2)33-23(28)22(32-12-8-4)21(20)31-11-7-3/h5-8,15-28H,1-4,9-14H2/t15-,16-,17+,18+,19-,20-,21+,22-,23+,24+/m1/s1. The van der Waals surface area contributed by atoms with E-state index in [-0.39, 0.29) is 39.6 Å². The van der Waals surface area contributed by atoms with Crippen LogP contribution in [0.1, 0.15) is 0 Å².